The largest absolute Gasteiger partial charge is 0.384 e. The summed E-state index contributed by atoms with van der Waals surface area (Å²) in [7, 11) is 3.60. The van der Waals surface area contributed by atoms with Gasteiger partial charge in [0, 0.05) is 58.3 Å². The fraction of sp³-hybridized carbons (Fsp3) is 0.562. The molecule has 3 aromatic heterocycles. The van der Waals surface area contributed by atoms with Crippen LogP contribution in [0.25, 0.3) is 11.0 Å². The maximum absolute atomic E-state index is 5.10. The first-order valence-electron chi connectivity index (χ1n) is 8.63. The molecule has 0 aromatic carbocycles. The number of ether oxygens (including phenoxy) is 1. The van der Waals surface area contributed by atoms with Crippen molar-refractivity contribution in [3.8, 4) is 0 Å². The van der Waals surface area contributed by atoms with Crippen LogP contribution in [-0.2, 0) is 18.2 Å². The molecule has 0 amide bonds. The van der Waals surface area contributed by atoms with E-state index in [2.05, 4.69) is 34.2 Å². The van der Waals surface area contributed by atoms with Crippen molar-refractivity contribution in [2.24, 2.45) is 7.05 Å². The summed E-state index contributed by atoms with van der Waals surface area (Å²) >= 11 is 1.46. The van der Waals surface area contributed by atoms with E-state index < -0.39 is 0 Å². The molecule has 0 spiro atoms. The van der Waals surface area contributed by atoms with E-state index in [4.69, 9.17) is 4.74 Å². The molecule has 1 fully saturated rings. The highest BCUT2D eigenvalue weighted by Crippen LogP contribution is 2.26. The first kappa shape index (κ1) is 17.1. The van der Waals surface area contributed by atoms with Crippen LogP contribution >= 0.6 is 11.5 Å². The number of methoxy groups -OCH3 is 1. The van der Waals surface area contributed by atoms with Crippen molar-refractivity contribution in [3.05, 3.63) is 17.8 Å². The summed E-state index contributed by atoms with van der Waals surface area (Å²) in [5.41, 5.74) is 0.877. The van der Waals surface area contributed by atoms with Crippen molar-refractivity contribution in [1.82, 2.24) is 29.1 Å². The quantitative estimate of drug-likeness (QED) is 0.655. The highest BCUT2D eigenvalue weighted by atomic mass is 32.1. The first-order chi connectivity index (χ1) is 12.7. The number of hydrogen-bond donors (Lipinski definition) is 0. The third kappa shape index (κ3) is 3.21. The monoisotopic (exact) mass is 374 g/mol. The summed E-state index contributed by atoms with van der Waals surface area (Å²) in [6.07, 6.45) is 2.61. The van der Waals surface area contributed by atoms with Crippen LogP contribution in [-0.4, -0.2) is 69.0 Å². The van der Waals surface area contributed by atoms with Crippen LogP contribution in [0.3, 0.4) is 0 Å². The van der Waals surface area contributed by atoms with Gasteiger partial charge in [-0.2, -0.15) is 9.47 Å². The topological polar surface area (TPSA) is 85.1 Å². The molecule has 3 aromatic rings. The lowest BCUT2D eigenvalue weighted by Crippen LogP contribution is -2.47. The molecule has 4 heterocycles. The van der Waals surface area contributed by atoms with Gasteiger partial charge in [0.15, 0.2) is 5.65 Å². The van der Waals surface area contributed by atoms with Crippen LogP contribution < -0.4 is 9.80 Å². The molecule has 9 nitrogen and oxygen atoms in total. The number of rotatable bonds is 5. The number of anilines is 2. The van der Waals surface area contributed by atoms with E-state index >= 15 is 0 Å². The lowest BCUT2D eigenvalue weighted by molar-refractivity contribution is 0.201. The van der Waals surface area contributed by atoms with Crippen LogP contribution in [0, 0.1) is 6.92 Å². The molecular formula is C16H22N8OS. The summed E-state index contributed by atoms with van der Waals surface area (Å²) < 4.78 is 11.3. The van der Waals surface area contributed by atoms with Crippen molar-refractivity contribution in [1.29, 1.82) is 0 Å². The average Bonchev–Trinajstić information content (AvgIpc) is 3.27. The minimum absolute atomic E-state index is 0.651. The number of aromatic nitrogens is 6. The van der Waals surface area contributed by atoms with Crippen molar-refractivity contribution in [2.45, 2.75) is 13.3 Å². The molecule has 0 N–H and O–H groups in total. The summed E-state index contributed by atoms with van der Waals surface area (Å²) in [4.78, 5) is 18.4. The van der Waals surface area contributed by atoms with Gasteiger partial charge in [-0.25, -0.2) is 15.0 Å². The van der Waals surface area contributed by atoms with Gasteiger partial charge in [-0.3, -0.25) is 4.68 Å². The van der Waals surface area contributed by atoms with Crippen molar-refractivity contribution in [2.75, 3.05) is 49.7 Å². The highest BCUT2D eigenvalue weighted by molar-refractivity contribution is 7.09. The Bertz CT molecular complexity index is 899. The lowest BCUT2D eigenvalue weighted by Gasteiger charge is -2.35. The fourth-order valence-electron chi connectivity index (χ4n) is 3.13. The zero-order chi connectivity index (χ0) is 18.1. The van der Waals surface area contributed by atoms with E-state index in [1.54, 1.807) is 11.8 Å². The summed E-state index contributed by atoms with van der Waals surface area (Å²) in [6.45, 7) is 6.13. The maximum atomic E-state index is 5.10. The predicted molar refractivity (Wildman–Crippen MR) is 101 cm³/mol. The van der Waals surface area contributed by atoms with Crippen molar-refractivity contribution in [3.63, 3.8) is 0 Å². The van der Waals surface area contributed by atoms with Crippen LogP contribution in [0.2, 0.25) is 0 Å². The van der Waals surface area contributed by atoms with Crippen LogP contribution in [0.15, 0.2) is 6.20 Å². The van der Waals surface area contributed by atoms with Gasteiger partial charge in [0.2, 0.25) is 5.13 Å². The Kier molecular flexibility index (Phi) is 4.68. The molecule has 1 aliphatic rings. The molecule has 0 radical (unpaired) electrons. The van der Waals surface area contributed by atoms with E-state index in [1.807, 2.05) is 20.2 Å². The number of piperazine rings is 1. The van der Waals surface area contributed by atoms with Crippen molar-refractivity contribution >= 4 is 33.5 Å². The average molecular weight is 374 g/mol. The van der Waals surface area contributed by atoms with Gasteiger partial charge in [0.05, 0.1) is 18.2 Å². The zero-order valence-corrected chi connectivity index (χ0v) is 16.0. The molecule has 0 bridgehead atoms. The van der Waals surface area contributed by atoms with E-state index in [1.165, 1.54) is 11.5 Å². The Labute approximate surface area is 155 Å². The minimum atomic E-state index is 0.651. The molecule has 138 valence electrons. The number of nitrogens with zero attached hydrogens (tertiary/aromatic N) is 8. The molecule has 0 unspecified atom stereocenters. The smallest absolute Gasteiger partial charge is 0.205 e. The second-order valence-corrected chi connectivity index (χ2v) is 7.04. The van der Waals surface area contributed by atoms with E-state index in [9.17, 15) is 0 Å². The number of fused-ring (bicyclic) bond motifs is 1. The second kappa shape index (κ2) is 7.12. The number of aryl methyl sites for hydroxylation is 2. The lowest BCUT2D eigenvalue weighted by atomic mass is 10.3. The Balaban J connectivity index is 1.48. The Morgan fingerprint density at radius 3 is 2.65 bits per heavy atom. The van der Waals surface area contributed by atoms with Gasteiger partial charge in [0.25, 0.3) is 0 Å². The summed E-state index contributed by atoms with van der Waals surface area (Å²) in [5.74, 6) is 2.60. The van der Waals surface area contributed by atoms with Gasteiger partial charge in [0.1, 0.15) is 17.5 Å². The van der Waals surface area contributed by atoms with E-state index in [-0.39, 0.29) is 0 Å². The summed E-state index contributed by atoms with van der Waals surface area (Å²) in [5, 5.41) is 6.32. The van der Waals surface area contributed by atoms with Crippen LogP contribution in [0.1, 0.15) is 11.6 Å². The van der Waals surface area contributed by atoms with Gasteiger partial charge in [-0.1, -0.05) is 0 Å². The van der Waals surface area contributed by atoms with E-state index in [0.29, 0.717) is 6.61 Å². The molecule has 0 saturated carbocycles. The Morgan fingerprint density at radius 2 is 1.88 bits per heavy atom. The fourth-order valence-corrected chi connectivity index (χ4v) is 3.90. The molecule has 26 heavy (non-hydrogen) atoms. The molecule has 0 atom stereocenters. The minimum Gasteiger partial charge on any atom is -0.384 e. The normalized spacial score (nSPS) is 15.2. The standard InChI is InChI=1S/C16H22N8OS/c1-11-18-14-12(10-17-22(14)2)15(19-11)23-5-7-24(8-6-23)16-20-13(21-26-16)4-9-25-3/h10H,4-9H2,1-3H3. The zero-order valence-electron chi connectivity index (χ0n) is 15.2. The van der Waals surface area contributed by atoms with Crippen LogP contribution in [0.4, 0.5) is 10.9 Å². The maximum Gasteiger partial charge on any atom is 0.205 e. The van der Waals surface area contributed by atoms with Crippen molar-refractivity contribution < 1.29 is 4.74 Å². The second-order valence-electron chi connectivity index (χ2n) is 6.31. The molecule has 0 aliphatic carbocycles. The Morgan fingerprint density at radius 1 is 1.12 bits per heavy atom. The predicted octanol–water partition coefficient (Wildman–Crippen LogP) is 1.04. The molecule has 10 heteroatoms. The third-order valence-corrected chi connectivity index (χ3v) is 5.34. The highest BCUT2D eigenvalue weighted by Gasteiger charge is 2.23. The molecular weight excluding hydrogens is 352 g/mol. The number of hydrogen-bond acceptors (Lipinski definition) is 9. The SMILES string of the molecule is COCCc1nsc(N2CCN(c3nc(C)nc4c3cnn4C)CC2)n1. The van der Waals surface area contributed by atoms with Gasteiger partial charge < -0.3 is 14.5 Å². The van der Waals surface area contributed by atoms with Crippen LogP contribution in [0.5, 0.6) is 0 Å². The summed E-state index contributed by atoms with van der Waals surface area (Å²) in [6, 6.07) is 0. The molecule has 4 rings (SSSR count). The first-order valence-corrected chi connectivity index (χ1v) is 9.41. The van der Waals surface area contributed by atoms with Gasteiger partial charge >= 0.3 is 0 Å². The molecule has 1 saturated heterocycles. The molecule has 1 aliphatic heterocycles. The third-order valence-electron chi connectivity index (χ3n) is 4.52. The Hall–Kier alpha value is -2.33. The van der Waals surface area contributed by atoms with Gasteiger partial charge in [-0.05, 0) is 6.92 Å². The van der Waals surface area contributed by atoms with Gasteiger partial charge in [-0.15, -0.1) is 0 Å². The van der Waals surface area contributed by atoms with E-state index in [0.717, 1.165) is 66.2 Å².